The average molecular weight is 450 g/mol. The second kappa shape index (κ2) is 10.7. The van der Waals surface area contributed by atoms with Gasteiger partial charge in [-0.15, -0.1) is 0 Å². The van der Waals surface area contributed by atoms with E-state index in [2.05, 4.69) is 22.9 Å². The quantitative estimate of drug-likeness (QED) is 0.442. The van der Waals surface area contributed by atoms with Gasteiger partial charge in [0, 0.05) is 12.1 Å². The highest BCUT2D eigenvalue weighted by Gasteiger charge is 2.29. The molecule has 6 heteroatoms. The Morgan fingerprint density at radius 2 is 1.91 bits per heavy atom. The number of ether oxygens (including phenoxy) is 2. The molecule has 4 rings (SSSR count). The van der Waals surface area contributed by atoms with Gasteiger partial charge in [0.25, 0.3) is 0 Å². The number of fused-ring (bicyclic) bond motifs is 1. The van der Waals surface area contributed by atoms with Crippen LogP contribution in [0.1, 0.15) is 64.3 Å². The van der Waals surface area contributed by atoms with Gasteiger partial charge < -0.3 is 19.4 Å². The second-order valence-corrected chi connectivity index (χ2v) is 8.86. The van der Waals surface area contributed by atoms with Crippen LogP contribution in [0.4, 0.5) is 0 Å². The van der Waals surface area contributed by atoms with E-state index in [1.165, 1.54) is 19.3 Å². The van der Waals surface area contributed by atoms with Gasteiger partial charge in [0.15, 0.2) is 0 Å². The third kappa shape index (κ3) is 5.00. The monoisotopic (exact) mass is 449 g/mol. The van der Waals surface area contributed by atoms with Crippen LogP contribution in [0.3, 0.4) is 0 Å². The lowest BCUT2D eigenvalue weighted by Gasteiger charge is -2.27. The molecular formula is C27H35N3O3. The molecule has 0 spiro atoms. The SMILES string of the molecule is CCCCC(C(=O)NC1CCCCC1)n1c(-c2ccc(OC)cc2OC)nc2ccccc21. The number of benzene rings is 2. The highest BCUT2D eigenvalue weighted by Crippen LogP contribution is 2.37. The van der Waals surface area contributed by atoms with Crippen molar-refractivity contribution in [1.29, 1.82) is 0 Å². The fraction of sp³-hybridized carbons (Fsp3) is 0.481. The van der Waals surface area contributed by atoms with Gasteiger partial charge in [-0.25, -0.2) is 4.98 Å². The first-order valence-electron chi connectivity index (χ1n) is 12.2. The number of unbranched alkanes of at least 4 members (excludes halogenated alkanes) is 1. The summed E-state index contributed by atoms with van der Waals surface area (Å²) < 4.78 is 13.2. The molecule has 176 valence electrons. The standard InChI is InChI=1S/C27H35N3O3/c1-4-5-14-24(27(31)28-19-11-7-6-8-12-19)30-23-15-10-9-13-22(23)29-26(30)21-17-16-20(32-2)18-25(21)33-3/h9-10,13,15-19,24H,4-8,11-12,14H2,1-3H3,(H,28,31). The molecule has 1 atom stereocenters. The number of para-hydroxylation sites is 2. The normalized spacial score (nSPS) is 15.4. The number of methoxy groups -OCH3 is 2. The Balaban J connectivity index is 1.82. The van der Waals surface area contributed by atoms with Crippen LogP contribution in [0.5, 0.6) is 11.5 Å². The molecule has 3 aromatic rings. The number of hydrogen-bond donors (Lipinski definition) is 1. The van der Waals surface area contributed by atoms with Crippen LogP contribution in [-0.4, -0.2) is 35.7 Å². The molecular weight excluding hydrogens is 414 g/mol. The lowest BCUT2D eigenvalue weighted by atomic mass is 9.95. The van der Waals surface area contributed by atoms with Crippen LogP contribution in [0, 0.1) is 0 Å². The minimum atomic E-state index is -0.332. The van der Waals surface area contributed by atoms with E-state index < -0.39 is 0 Å². The molecule has 0 saturated heterocycles. The maximum absolute atomic E-state index is 13.7. The van der Waals surface area contributed by atoms with E-state index in [4.69, 9.17) is 14.5 Å². The maximum atomic E-state index is 13.7. The van der Waals surface area contributed by atoms with E-state index in [9.17, 15) is 4.79 Å². The van der Waals surface area contributed by atoms with Crippen LogP contribution in [0.15, 0.2) is 42.5 Å². The molecule has 0 aliphatic heterocycles. The lowest BCUT2D eigenvalue weighted by Crippen LogP contribution is -2.41. The van der Waals surface area contributed by atoms with Gasteiger partial charge >= 0.3 is 0 Å². The van der Waals surface area contributed by atoms with Crippen molar-refractivity contribution in [3.63, 3.8) is 0 Å². The predicted molar refractivity (Wildman–Crippen MR) is 132 cm³/mol. The third-order valence-electron chi connectivity index (χ3n) is 6.64. The molecule has 1 unspecified atom stereocenters. The van der Waals surface area contributed by atoms with Crippen LogP contribution < -0.4 is 14.8 Å². The third-order valence-corrected chi connectivity index (χ3v) is 6.64. The molecule has 2 aromatic carbocycles. The summed E-state index contributed by atoms with van der Waals surface area (Å²) >= 11 is 0. The van der Waals surface area contributed by atoms with Gasteiger partial charge in [-0.05, 0) is 43.5 Å². The van der Waals surface area contributed by atoms with Crippen molar-refractivity contribution >= 4 is 16.9 Å². The van der Waals surface area contributed by atoms with Crippen LogP contribution in [0.25, 0.3) is 22.4 Å². The van der Waals surface area contributed by atoms with Crippen molar-refractivity contribution in [2.75, 3.05) is 14.2 Å². The molecule has 1 aliphatic carbocycles. The number of carbonyl (C=O) groups is 1. The van der Waals surface area contributed by atoms with Crippen molar-refractivity contribution in [2.24, 2.45) is 0 Å². The summed E-state index contributed by atoms with van der Waals surface area (Å²) in [6.07, 6.45) is 8.53. The van der Waals surface area contributed by atoms with Gasteiger partial charge in [-0.3, -0.25) is 4.79 Å². The summed E-state index contributed by atoms with van der Waals surface area (Å²) in [5.41, 5.74) is 2.68. The molecule has 1 aliphatic rings. The molecule has 1 amide bonds. The molecule has 0 bridgehead atoms. The number of nitrogens with one attached hydrogen (secondary N) is 1. The highest BCUT2D eigenvalue weighted by atomic mass is 16.5. The topological polar surface area (TPSA) is 65.4 Å². The van der Waals surface area contributed by atoms with Gasteiger partial charge in [-0.1, -0.05) is 51.2 Å². The Labute approximate surface area is 196 Å². The molecule has 1 fully saturated rings. The Bertz CT molecular complexity index is 1090. The van der Waals surface area contributed by atoms with Crippen LogP contribution in [0.2, 0.25) is 0 Å². The Morgan fingerprint density at radius 3 is 2.64 bits per heavy atom. The predicted octanol–water partition coefficient (Wildman–Crippen LogP) is 5.90. The van der Waals surface area contributed by atoms with Crippen molar-refractivity contribution in [3.05, 3.63) is 42.5 Å². The molecule has 33 heavy (non-hydrogen) atoms. The van der Waals surface area contributed by atoms with Gasteiger partial charge in [0.1, 0.15) is 23.4 Å². The minimum Gasteiger partial charge on any atom is -0.497 e. The first kappa shape index (κ1) is 23.1. The van der Waals surface area contributed by atoms with Crippen LogP contribution >= 0.6 is 0 Å². The Morgan fingerprint density at radius 1 is 1.12 bits per heavy atom. The van der Waals surface area contributed by atoms with E-state index in [1.54, 1.807) is 14.2 Å². The van der Waals surface area contributed by atoms with Gasteiger partial charge in [0.2, 0.25) is 5.91 Å². The fourth-order valence-electron chi connectivity index (χ4n) is 4.85. The summed E-state index contributed by atoms with van der Waals surface area (Å²) in [6, 6.07) is 13.7. The van der Waals surface area contributed by atoms with E-state index in [0.29, 0.717) is 5.75 Å². The molecule has 6 nitrogen and oxygen atoms in total. The molecule has 1 N–H and O–H groups in total. The summed E-state index contributed by atoms with van der Waals surface area (Å²) in [5, 5.41) is 3.37. The average Bonchev–Trinajstić information content (AvgIpc) is 3.23. The largest absolute Gasteiger partial charge is 0.497 e. The summed E-state index contributed by atoms with van der Waals surface area (Å²) in [7, 11) is 3.29. The van der Waals surface area contributed by atoms with Crippen LogP contribution in [-0.2, 0) is 4.79 Å². The minimum absolute atomic E-state index is 0.0900. The number of imidazole rings is 1. The molecule has 0 radical (unpaired) electrons. The smallest absolute Gasteiger partial charge is 0.243 e. The Kier molecular flexibility index (Phi) is 7.53. The van der Waals surface area contributed by atoms with Crippen molar-refractivity contribution in [1.82, 2.24) is 14.9 Å². The zero-order valence-electron chi connectivity index (χ0n) is 20.0. The van der Waals surface area contributed by atoms with Gasteiger partial charge in [-0.2, -0.15) is 0 Å². The van der Waals surface area contributed by atoms with Gasteiger partial charge in [0.05, 0.1) is 30.8 Å². The zero-order valence-corrected chi connectivity index (χ0v) is 20.0. The lowest BCUT2D eigenvalue weighted by molar-refractivity contribution is -0.125. The van der Waals surface area contributed by atoms with E-state index in [1.807, 2.05) is 36.4 Å². The van der Waals surface area contributed by atoms with E-state index >= 15 is 0 Å². The molecule has 1 saturated carbocycles. The number of aromatic nitrogens is 2. The number of rotatable bonds is 9. The molecule has 1 aromatic heterocycles. The fourth-order valence-corrected chi connectivity index (χ4v) is 4.85. The number of carbonyl (C=O) groups excluding carboxylic acids is 1. The summed E-state index contributed by atoms with van der Waals surface area (Å²) in [5.74, 6) is 2.23. The first-order valence-corrected chi connectivity index (χ1v) is 12.2. The highest BCUT2D eigenvalue weighted by molar-refractivity contribution is 5.88. The van der Waals surface area contributed by atoms with E-state index in [0.717, 1.165) is 60.3 Å². The van der Waals surface area contributed by atoms with Crippen molar-refractivity contribution in [2.45, 2.75) is 70.4 Å². The van der Waals surface area contributed by atoms with Crippen molar-refractivity contribution in [3.8, 4) is 22.9 Å². The first-order chi connectivity index (χ1) is 16.2. The van der Waals surface area contributed by atoms with E-state index in [-0.39, 0.29) is 18.0 Å². The molecule has 1 heterocycles. The van der Waals surface area contributed by atoms with Crippen molar-refractivity contribution < 1.29 is 14.3 Å². The maximum Gasteiger partial charge on any atom is 0.243 e. The summed E-state index contributed by atoms with van der Waals surface area (Å²) in [4.78, 5) is 18.7. The Hall–Kier alpha value is -3.02. The number of amides is 1. The number of nitrogens with zero attached hydrogens (tertiary/aromatic N) is 2. The number of hydrogen-bond acceptors (Lipinski definition) is 4. The zero-order chi connectivity index (χ0) is 23.2. The second-order valence-electron chi connectivity index (χ2n) is 8.86. The summed E-state index contributed by atoms with van der Waals surface area (Å²) in [6.45, 7) is 2.16.